The minimum atomic E-state index is -0.336. The maximum atomic E-state index is 13.4. The monoisotopic (exact) mass is 316 g/mol. The molecule has 1 aliphatic heterocycles. The third-order valence-corrected chi connectivity index (χ3v) is 3.59. The Morgan fingerprint density at radius 1 is 1.50 bits per heavy atom. The van der Waals surface area contributed by atoms with Gasteiger partial charge in [-0.05, 0) is 42.8 Å². The molecule has 1 unspecified atom stereocenters. The highest BCUT2D eigenvalue weighted by molar-refractivity contribution is 9.10. The Balaban J connectivity index is 2.34. The van der Waals surface area contributed by atoms with Crippen LogP contribution in [0.5, 0.6) is 0 Å². The summed E-state index contributed by atoms with van der Waals surface area (Å²) in [6.07, 6.45) is 0.122. The largest absolute Gasteiger partial charge is 0.397 e. The molecule has 0 amide bonds. The molecule has 100 valence electrons. The molecule has 2 N–H and O–H groups in total. The van der Waals surface area contributed by atoms with Crippen molar-refractivity contribution in [2.75, 3.05) is 23.7 Å². The summed E-state index contributed by atoms with van der Waals surface area (Å²) in [6, 6.07) is 3.09. The van der Waals surface area contributed by atoms with Crippen molar-refractivity contribution in [2.24, 2.45) is 0 Å². The summed E-state index contributed by atoms with van der Waals surface area (Å²) in [7, 11) is 0. The van der Waals surface area contributed by atoms with Crippen LogP contribution in [0.25, 0.3) is 0 Å². The van der Waals surface area contributed by atoms with Crippen LogP contribution in [0.4, 0.5) is 15.8 Å². The minimum absolute atomic E-state index is 0.122. The maximum Gasteiger partial charge on any atom is 0.139 e. The van der Waals surface area contributed by atoms with Gasteiger partial charge in [-0.1, -0.05) is 0 Å². The Kier molecular flexibility index (Phi) is 3.56. The molecule has 1 heterocycles. The topological polar surface area (TPSA) is 38.5 Å². The van der Waals surface area contributed by atoms with E-state index >= 15 is 0 Å². The second-order valence-corrected chi connectivity index (χ2v) is 6.25. The van der Waals surface area contributed by atoms with Crippen LogP contribution in [0.1, 0.15) is 20.8 Å². The highest BCUT2D eigenvalue weighted by Gasteiger charge is 2.32. The Morgan fingerprint density at radius 2 is 2.17 bits per heavy atom. The third-order valence-electron chi connectivity index (χ3n) is 2.98. The first-order valence-electron chi connectivity index (χ1n) is 5.96. The first-order chi connectivity index (χ1) is 8.28. The van der Waals surface area contributed by atoms with E-state index in [0.717, 1.165) is 18.8 Å². The van der Waals surface area contributed by atoms with Crippen LogP contribution in [0.2, 0.25) is 0 Å². The Morgan fingerprint density at radius 3 is 2.78 bits per heavy atom. The minimum Gasteiger partial charge on any atom is -0.397 e. The molecule has 1 aliphatic rings. The lowest BCUT2D eigenvalue weighted by Crippen LogP contribution is -2.52. The van der Waals surface area contributed by atoms with E-state index in [9.17, 15) is 4.39 Å². The van der Waals surface area contributed by atoms with Crippen LogP contribution in [0, 0.1) is 5.82 Å². The second-order valence-electron chi connectivity index (χ2n) is 5.39. The third kappa shape index (κ3) is 2.78. The maximum absolute atomic E-state index is 13.4. The lowest BCUT2D eigenvalue weighted by molar-refractivity contribution is -0.0749. The molecule has 2 rings (SSSR count). The SMILES string of the molecule is CC1CN(c2cc(Br)c(F)cc2N)CC(C)(C)O1. The summed E-state index contributed by atoms with van der Waals surface area (Å²) in [4.78, 5) is 2.15. The first kappa shape index (κ1) is 13.6. The van der Waals surface area contributed by atoms with Crippen molar-refractivity contribution in [1.29, 1.82) is 0 Å². The van der Waals surface area contributed by atoms with Crippen molar-refractivity contribution in [1.82, 2.24) is 0 Å². The fourth-order valence-electron chi connectivity index (χ4n) is 2.46. The van der Waals surface area contributed by atoms with Gasteiger partial charge in [0.15, 0.2) is 0 Å². The molecule has 0 aliphatic carbocycles. The van der Waals surface area contributed by atoms with Gasteiger partial charge in [0.1, 0.15) is 5.82 Å². The van der Waals surface area contributed by atoms with Gasteiger partial charge in [0.2, 0.25) is 0 Å². The number of ether oxygens (including phenoxy) is 1. The van der Waals surface area contributed by atoms with Gasteiger partial charge >= 0.3 is 0 Å². The lowest BCUT2D eigenvalue weighted by Gasteiger charge is -2.43. The number of anilines is 2. The first-order valence-corrected chi connectivity index (χ1v) is 6.75. The molecule has 18 heavy (non-hydrogen) atoms. The van der Waals surface area contributed by atoms with E-state index in [0.29, 0.717) is 10.2 Å². The zero-order valence-corrected chi connectivity index (χ0v) is 12.4. The predicted octanol–water partition coefficient (Wildman–Crippen LogP) is 3.17. The second kappa shape index (κ2) is 4.70. The average Bonchev–Trinajstić information content (AvgIpc) is 2.20. The molecular weight excluding hydrogens is 299 g/mol. The van der Waals surface area contributed by atoms with Crippen LogP contribution in [0.3, 0.4) is 0 Å². The Labute approximate surface area is 115 Å². The number of hydrogen-bond acceptors (Lipinski definition) is 3. The molecule has 5 heteroatoms. The van der Waals surface area contributed by atoms with Gasteiger partial charge < -0.3 is 15.4 Å². The van der Waals surface area contributed by atoms with E-state index in [2.05, 4.69) is 20.8 Å². The molecule has 0 bridgehead atoms. The number of morpholine rings is 1. The standard InChI is InChI=1S/C13H18BrFN2O/c1-8-6-17(7-13(2,3)18-8)12-4-9(14)10(15)5-11(12)16/h4-5,8H,6-7,16H2,1-3H3. The van der Waals surface area contributed by atoms with E-state index in [1.54, 1.807) is 6.07 Å². The van der Waals surface area contributed by atoms with Gasteiger partial charge in [0.25, 0.3) is 0 Å². The highest BCUT2D eigenvalue weighted by atomic mass is 79.9. The summed E-state index contributed by atoms with van der Waals surface area (Å²) < 4.78 is 19.7. The van der Waals surface area contributed by atoms with Gasteiger partial charge in [-0.2, -0.15) is 0 Å². The van der Waals surface area contributed by atoms with Gasteiger partial charge in [-0.15, -0.1) is 0 Å². The lowest BCUT2D eigenvalue weighted by atomic mass is 10.0. The van der Waals surface area contributed by atoms with Crippen LogP contribution >= 0.6 is 15.9 Å². The predicted molar refractivity (Wildman–Crippen MR) is 75.4 cm³/mol. The van der Waals surface area contributed by atoms with Crippen LogP contribution in [-0.4, -0.2) is 24.8 Å². The summed E-state index contributed by atoms with van der Waals surface area (Å²) in [5, 5.41) is 0. The van der Waals surface area contributed by atoms with Crippen molar-refractivity contribution in [3.05, 3.63) is 22.4 Å². The van der Waals surface area contributed by atoms with Gasteiger partial charge in [0.05, 0.1) is 27.6 Å². The number of nitrogens with zero attached hydrogens (tertiary/aromatic N) is 1. The smallest absolute Gasteiger partial charge is 0.139 e. The molecular formula is C13H18BrFN2O. The Bertz CT molecular complexity index is 465. The molecule has 0 aromatic heterocycles. The average molecular weight is 317 g/mol. The van der Waals surface area contributed by atoms with Gasteiger partial charge in [0, 0.05) is 19.2 Å². The fraction of sp³-hybridized carbons (Fsp3) is 0.538. The highest BCUT2D eigenvalue weighted by Crippen LogP contribution is 2.33. The fourth-order valence-corrected chi connectivity index (χ4v) is 2.79. The van der Waals surface area contributed by atoms with E-state index in [4.69, 9.17) is 10.5 Å². The van der Waals surface area contributed by atoms with E-state index in [1.807, 2.05) is 20.8 Å². The molecule has 1 aromatic carbocycles. The van der Waals surface area contributed by atoms with Crippen molar-refractivity contribution in [3.63, 3.8) is 0 Å². The van der Waals surface area contributed by atoms with Gasteiger partial charge in [-0.3, -0.25) is 0 Å². The van der Waals surface area contributed by atoms with E-state index < -0.39 is 0 Å². The zero-order valence-electron chi connectivity index (χ0n) is 10.8. The Hall–Kier alpha value is -0.810. The van der Waals surface area contributed by atoms with E-state index in [-0.39, 0.29) is 17.5 Å². The van der Waals surface area contributed by atoms with Crippen LogP contribution in [-0.2, 0) is 4.74 Å². The van der Waals surface area contributed by atoms with Crippen LogP contribution in [0.15, 0.2) is 16.6 Å². The summed E-state index contributed by atoms with van der Waals surface area (Å²) in [5.74, 6) is -0.336. The normalized spacial score (nSPS) is 23.2. The summed E-state index contributed by atoms with van der Waals surface area (Å²) >= 11 is 3.20. The van der Waals surface area contributed by atoms with Gasteiger partial charge in [-0.25, -0.2) is 4.39 Å². The van der Waals surface area contributed by atoms with E-state index in [1.165, 1.54) is 6.07 Å². The molecule has 0 radical (unpaired) electrons. The van der Waals surface area contributed by atoms with Crippen molar-refractivity contribution < 1.29 is 9.13 Å². The molecule has 1 atom stereocenters. The molecule has 3 nitrogen and oxygen atoms in total. The number of rotatable bonds is 1. The number of nitrogens with two attached hydrogens (primary N) is 1. The van der Waals surface area contributed by atoms with Crippen molar-refractivity contribution >= 4 is 27.3 Å². The number of hydrogen-bond donors (Lipinski definition) is 1. The molecule has 1 aromatic rings. The number of nitrogen functional groups attached to an aromatic ring is 1. The molecule has 1 fully saturated rings. The summed E-state index contributed by atoms with van der Waals surface area (Å²) in [6.45, 7) is 7.61. The number of halogens is 2. The van der Waals surface area contributed by atoms with Crippen LogP contribution < -0.4 is 10.6 Å². The zero-order chi connectivity index (χ0) is 13.5. The molecule has 0 saturated carbocycles. The quantitative estimate of drug-likeness (QED) is 0.809. The summed E-state index contributed by atoms with van der Waals surface area (Å²) in [5.41, 5.74) is 6.99. The molecule has 1 saturated heterocycles. The molecule has 0 spiro atoms. The van der Waals surface area contributed by atoms with Crippen molar-refractivity contribution in [3.8, 4) is 0 Å². The number of benzene rings is 1. The van der Waals surface area contributed by atoms with Crippen molar-refractivity contribution in [2.45, 2.75) is 32.5 Å².